The molecule has 0 unspecified atom stereocenters. The highest BCUT2D eigenvalue weighted by atomic mass is 16.5. The fraction of sp³-hybridized carbons (Fsp3) is 0.333. The van der Waals surface area contributed by atoms with Crippen LogP contribution in [0, 0.1) is 6.92 Å². The lowest BCUT2D eigenvalue weighted by molar-refractivity contribution is 0.0658. The van der Waals surface area contributed by atoms with Gasteiger partial charge in [0.2, 0.25) is 5.82 Å². The van der Waals surface area contributed by atoms with Gasteiger partial charge in [-0.2, -0.15) is 9.97 Å². The van der Waals surface area contributed by atoms with Crippen LogP contribution in [0.5, 0.6) is 0 Å². The molecule has 9 heteroatoms. The molecule has 30 heavy (non-hydrogen) atoms. The van der Waals surface area contributed by atoms with E-state index in [2.05, 4.69) is 25.2 Å². The molecule has 3 aromatic heterocycles. The first-order chi connectivity index (χ1) is 14.7. The van der Waals surface area contributed by atoms with Crippen molar-refractivity contribution >= 4 is 11.7 Å². The third-order valence-electron chi connectivity index (χ3n) is 5.40. The van der Waals surface area contributed by atoms with Crippen LogP contribution in [-0.2, 0) is 0 Å². The summed E-state index contributed by atoms with van der Waals surface area (Å²) in [5.74, 6) is 1.28. The summed E-state index contributed by atoms with van der Waals surface area (Å²) >= 11 is 0. The lowest BCUT2D eigenvalue weighted by atomic mass is 10.1. The second-order valence-corrected chi connectivity index (χ2v) is 7.42. The van der Waals surface area contributed by atoms with Crippen molar-refractivity contribution in [1.82, 2.24) is 34.6 Å². The molecule has 1 aliphatic rings. The molecule has 1 aromatic carbocycles. The van der Waals surface area contributed by atoms with Crippen molar-refractivity contribution in [1.29, 1.82) is 0 Å². The number of benzene rings is 1. The number of hydrogen-bond acceptors (Lipinski definition) is 7. The molecule has 9 nitrogen and oxygen atoms in total. The topological polar surface area (TPSA) is 102 Å². The fourth-order valence-electron chi connectivity index (χ4n) is 3.81. The van der Waals surface area contributed by atoms with E-state index in [1.54, 1.807) is 15.6 Å². The van der Waals surface area contributed by atoms with Gasteiger partial charge in [0.25, 0.3) is 17.6 Å². The number of carbonyl (C=O) groups excluding carboxylic acids is 1. The van der Waals surface area contributed by atoms with Crippen molar-refractivity contribution in [3.8, 4) is 11.5 Å². The summed E-state index contributed by atoms with van der Waals surface area (Å²) in [6.45, 7) is 2.50. The van der Waals surface area contributed by atoms with E-state index in [0.29, 0.717) is 24.0 Å². The highest BCUT2D eigenvalue weighted by molar-refractivity contribution is 5.91. The molecule has 0 aliphatic carbocycles. The van der Waals surface area contributed by atoms with Gasteiger partial charge in [-0.25, -0.2) is 9.50 Å². The molecule has 1 fully saturated rings. The van der Waals surface area contributed by atoms with Crippen LogP contribution in [0.3, 0.4) is 0 Å². The minimum atomic E-state index is -0.276. The molecular formula is C21H21N7O2. The Morgan fingerprint density at radius 2 is 1.97 bits per heavy atom. The Kier molecular flexibility index (Phi) is 4.70. The zero-order chi connectivity index (χ0) is 20.5. The lowest BCUT2D eigenvalue weighted by Crippen LogP contribution is -2.36. The maximum atomic E-state index is 13.4. The summed E-state index contributed by atoms with van der Waals surface area (Å²) in [7, 11) is 0. The number of amides is 1. The number of nitrogens with zero attached hydrogens (tertiary/aromatic N) is 7. The number of rotatable bonds is 3. The average molecular weight is 403 g/mol. The van der Waals surface area contributed by atoms with Gasteiger partial charge in [0.1, 0.15) is 0 Å². The van der Waals surface area contributed by atoms with E-state index in [-0.39, 0.29) is 17.8 Å². The van der Waals surface area contributed by atoms with Gasteiger partial charge in [-0.05, 0) is 38.0 Å². The van der Waals surface area contributed by atoms with E-state index in [1.165, 1.54) is 0 Å². The highest BCUT2D eigenvalue weighted by Gasteiger charge is 2.33. The van der Waals surface area contributed by atoms with Gasteiger partial charge in [-0.15, -0.1) is 5.10 Å². The number of carbonyl (C=O) groups is 1. The zero-order valence-electron chi connectivity index (χ0n) is 16.6. The van der Waals surface area contributed by atoms with Crippen molar-refractivity contribution < 1.29 is 9.32 Å². The molecule has 1 amide bonds. The van der Waals surface area contributed by atoms with E-state index >= 15 is 0 Å². The molecule has 1 saturated heterocycles. The molecule has 1 aliphatic heterocycles. The number of aromatic nitrogens is 6. The first-order valence-electron chi connectivity index (χ1n) is 10.1. The predicted molar refractivity (Wildman–Crippen MR) is 107 cm³/mol. The van der Waals surface area contributed by atoms with Crippen LogP contribution < -0.4 is 0 Å². The van der Waals surface area contributed by atoms with Crippen molar-refractivity contribution in [3.05, 3.63) is 59.9 Å². The van der Waals surface area contributed by atoms with Crippen molar-refractivity contribution in [2.24, 2.45) is 0 Å². The van der Waals surface area contributed by atoms with Crippen LogP contribution in [0.25, 0.3) is 17.2 Å². The molecule has 0 spiro atoms. The summed E-state index contributed by atoms with van der Waals surface area (Å²) in [6.07, 6.45) is 5.37. The Morgan fingerprint density at radius 1 is 1.10 bits per heavy atom. The van der Waals surface area contributed by atoms with Crippen LogP contribution >= 0.6 is 0 Å². The van der Waals surface area contributed by atoms with Crippen molar-refractivity contribution in [2.45, 2.75) is 38.6 Å². The lowest BCUT2D eigenvalue weighted by Gasteiger charge is -2.26. The predicted octanol–water partition coefficient (Wildman–Crippen LogP) is 3.24. The summed E-state index contributed by atoms with van der Waals surface area (Å²) in [4.78, 5) is 28.3. The Bertz CT molecular complexity index is 1180. The SMILES string of the molecule is Cc1ccnc2nc(C(=O)N3CCCCC[C@H]3c3noc(-c4ccccc4)n3)nn12. The first-order valence-corrected chi connectivity index (χ1v) is 10.1. The molecule has 0 N–H and O–H groups in total. The van der Waals surface area contributed by atoms with E-state index in [1.807, 2.05) is 43.3 Å². The molecule has 152 valence electrons. The minimum Gasteiger partial charge on any atom is -0.334 e. The molecule has 0 saturated carbocycles. The average Bonchev–Trinajstić information content (AvgIpc) is 3.37. The second kappa shape index (κ2) is 7.66. The largest absolute Gasteiger partial charge is 0.334 e. The summed E-state index contributed by atoms with van der Waals surface area (Å²) in [5, 5.41) is 8.59. The van der Waals surface area contributed by atoms with Gasteiger partial charge in [-0.1, -0.05) is 36.2 Å². The molecular weight excluding hydrogens is 382 g/mol. The van der Waals surface area contributed by atoms with Crippen LogP contribution in [-0.4, -0.2) is 47.1 Å². The van der Waals surface area contributed by atoms with Crippen molar-refractivity contribution in [2.75, 3.05) is 6.54 Å². The van der Waals surface area contributed by atoms with Crippen LogP contribution in [0.1, 0.15) is 53.9 Å². The second-order valence-electron chi connectivity index (χ2n) is 7.42. The van der Waals surface area contributed by atoms with Gasteiger partial charge in [0.05, 0.1) is 6.04 Å². The maximum absolute atomic E-state index is 13.4. The van der Waals surface area contributed by atoms with Gasteiger partial charge >= 0.3 is 0 Å². The Hall–Kier alpha value is -3.62. The molecule has 0 bridgehead atoms. The normalized spacial score (nSPS) is 17.2. The quantitative estimate of drug-likeness (QED) is 0.517. The minimum absolute atomic E-state index is 0.135. The monoisotopic (exact) mass is 403 g/mol. The molecule has 4 aromatic rings. The first kappa shape index (κ1) is 18.4. The van der Waals surface area contributed by atoms with E-state index in [4.69, 9.17) is 4.52 Å². The number of hydrogen-bond donors (Lipinski definition) is 0. The van der Waals surface area contributed by atoms with Gasteiger partial charge in [-0.3, -0.25) is 4.79 Å². The number of fused-ring (bicyclic) bond motifs is 1. The zero-order valence-corrected chi connectivity index (χ0v) is 16.6. The molecule has 0 radical (unpaired) electrons. The summed E-state index contributed by atoms with van der Waals surface area (Å²) < 4.78 is 7.08. The van der Waals surface area contributed by atoms with Crippen LogP contribution in [0.4, 0.5) is 0 Å². The van der Waals surface area contributed by atoms with Gasteiger partial charge < -0.3 is 9.42 Å². The standard InChI is InChI=1S/C21H21N7O2/c1-14-11-12-22-21-24-18(25-28(14)21)20(29)27-13-7-3-6-10-16(27)17-23-19(30-26-17)15-8-4-2-5-9-15/h2,4-5,8-9,11-12,16H,3,6-7,10,13H2,1H3/t16-/m0/s1. The maximum Gasteiger partial charge on any atom is 0.294 e. The number of likely N-dealkylation sites (tertiary alicyclic amines) is 1. The Balaban J connectivity index is 1.48. The Labute approximate surface area is 172 Å². The highest BCUT2D eigenvalue weighted by Crippen LogP contribution is 2.31. The molecule has 1 atom stereocenters. The fourth-order valence-corrected chi connectivity index (χ4v) is 3.81. The van der Waals surface area contributed by atoms with E-state index in [9.17, 15) is 4.79 Å². The van der Waals surface area contributed by atoms with Crippen molar-refractivity contribution in [3.63, 3.8) is 0 Å². The summed E-state index contributed by atoms with van der Waals surface area (Å²) in [6, 6.07) is 11.2. The molecule has 5 rings (SSSR count). The van der Waals surface area contributed by atoms with Crippen LogP contribution in [0.2, 0.25) is 0 Å². The van der Waals surface area contributed by atoms with E-state index in [0.717, 1.165) is 36.9 Å². The third-order valence-corrected chi connectivity index (χ3v) is 5.40. The molecule has 4 heterocycles. The van der Waals surface area contributed by atoms with Gasteiger partial charge in [0.15, 0.2) is 5.82 Å². The third kappa shape index (κ3) is 3.32. The number of aryl methyl sites for hydroxylation is 1. The van der Waals surface area contributed by atoms with E-state index < -0.39 is 0 Å². The van der Waals surface area contributed by atoms with Gasteiger partial charge in [0, 0.05) is 24.0 Å². The smallest absolute Gasteiger partial charge is 0.294 e. The van der Waals surface area contributed by atoms with Crippen LogP contribution in [0.15, 0.2) is 47.1 Å². The Morgan fingerprint density at radius 3 is 2.80 bits per heavy atom. The summed E-state index contributed by atoms with van der Waals surface area (Å²) in [5.41, 5.74) is 1.72.